The second-order valence-electron chi connectivity index (χ2n) is 3.31. The Bertz CT molecular complexity index is 267. The molecule has 0 heterocycles. The van der Waals surface area contributed by atoms with Crippen molar-refractivity contribution in [2.75, 3.05) is 13.1 Å². The maximum atomic E-state index is 11.2. The van der Waals surface area contributed by atoms with Crippen LogP contribution < -0.4 is 16.4 Å². The lowest BCUT2D eigenvalue weighted by Crippen LogP contribution is -2.46. The van der Waals surface area contributed by atoms with E-state index in [0.29, 0.717) is 6.54 Å². The van der Waals surface area contributed by atoms with Gasteiger partial charge in [-0.2, -0.15) is 0 Å². The van der Waals surface area contributed by atoms with Crippen LogP contribution in [0.1, 0.15) is 19.8 Å². The molecular weight excluding hydrogens is 214 g/mol. The van der Waals surface area contributed by atoms with E-state index in [0.717, 1.165) is 6.42 Å². The van der Waals surface area contributed by atoms with Gasteiger partial charge in [0.15, 0.2) is 0 Å². The van der Waals surface area contributed by atoms with Crippen molar-refractivity contribution < 1.29 is 19.5 Å². The van der Waals surface area contributed by atoms with E-state index in [1.807, 2.05) is 6.92 Å². The van der Waals surface area contributed by atoms with Crippen molar-refractivity contribution in [3.8, 4) is 0 Å². The fourth-order valence-electron chi connectivity index (χ4n) is 1.03. The minimum atomic E-state index is -1.28. The van der Waals surface area contributed by atoms with Crippen LogP contribution in [0.4, 0.5) is 0 Å². The molecule has 0 saturated heterocycles. The molecule has 0 bridgehead atoms. The molecule has 1 atom stereocenters. The second kappa shape index (κ2) is 7.63. The first-order valence-electron chi connectivity index (χ1n) is 4.98. The highest BCUT2D eigenvalue weighted by molar-refractivity contribution is 5.88. The molecule has 0 aliphatic carbocycles. The summed E-state index contributed by atoms with van der Waals surface area (Å²) in [4.78, 5) is 32.4. The number of carboxylic acids is 1. The van der Waals surface area contributed by atoms with E-state index >= 15 is 0 Å². The molecule has 7 heteroatoms. The standard InChI is InChI=1S/C9H17N3O4/c1-2-3-11-5-8(14)12-6(9(15)16)4-7(10)13/h6,11H,2-5H2,1H3,(H2,10,13)(H,12,14)(H,15,16)/t6-/m0/s1. The van der Waals surface area contributed by atoms with Crippen LogP contribution in [0.3, 0.4) is 0 Å². The zero-order valence-electron chi connectivity index (χ0n) is 9.16. The Morgan fingerprint density at radius 3 is 2.44 bits per heavy atom. The SMILES string of the molecule is CCCNCC(=O)N[C@@H](CC(N)=O)C(=O)O. The number of carbonyl (C=O) groups is 3. The fraction of sp³-hybridized carbons (Fsp3) is 0.667. The molecular formula is C9H17N3O4. The molecule has 0 aromatic carbocycles. The van der Waals surface area contributed by atoms with E-state index in [9.17, 15) is 14.4 Å². The largest absolute Gasteiger partial charge is 0.480 e. The van der Waals surface area contributed by atoms with E-state index in [1.54, 1.807) is 0 Å². The minimum absolute atomic E-state index is 0.0242. The lowest BCUT2D eigenvalue weighted by atomic mass is 10.2. The summed E-state index contributed by atoms with van der Waals surface area (Å²) < 4.78 is 0. The number of nitrogens with one attached hydrogen (secondary N) is 2. The van der Waals surface area contributed by atoms with Crippen LogP contribution in [0.5, 0.6) is 0 Å². The number of aliphatic carboxylic acids is 1. The van der Waals surface area contributed by atoms with Gasteiger partial charge in [0.05, 0.1) is 13.0 Å². The normalized spacial score (nSPS) is 11.8. The van der Waals surface area contributed by atoms with Crippen LogP contribution >= 0.6 is 0 Å². The molecule has 0 spiro atoms. The maximum absolute atomic E-state index is 11.2. The Balaban J connectivity index is 4.03. The smallest absolute Gasteiger partial charge is 0.326 e. The third-order valence-electron chi connectivity index (χ3n) is 1.75. The van der Waals surface area contributed by atoms with Gasteiger partial charge in [-0.05, 0) is 13.0 Å². The molecule has 5 N–H and O–H groups in total. The molecule has 0 saturated carbocycles. The van der Waals surface area contributed by atoms with Gasteiger partial charge >= 0.3 is 5.97 Å². The molecule has 0 aromatic rings. The van der Waals surface area contributed by atoms with Gasteiger partial charge in [-0.15, -0.1) is 0 Å². The van der Waals surface area contributed by atoms with Gasteiger partial charge in [0.25, 0.3) is 0 Å². The monoisotopic (exact) mass is 231 g/mol. The van der Waals surface area contributed by atoms with Gasteiger partial charge in [0.2, 0.25) is 11.8 Å². The number of carboxylic acid groups (broad SMARTS) is 1. The summed E-state index contributed by atoms with van der Waals surface area (Å²) in [7, 11) is 0. The molecule has 7 nitrogen and oxygen atoms in total. The summed E-state index contributed by atoms with van der Waals surface area (Å²) in [6, 6.07) is -1.26. The summed E-state index contributed by atoms with van der Waals surface area (Å²) in [5.74, 6) is -2.51. The van der Waals surface area contributed by atoms with Crippen LogP contribution in [0, 0.1) is 0 Å². The topological polar surface area (TPSA) is 122 Å². The first-order valence-corrected chi connectivity index (χ1v) is 4.98. The summed E-state index contributed by atoms with van der Waals surface area (Å²) in [5.41, 5.74) is 4.86. The highest BCUT2D eigenvalue weighted by Crippen LogP contribution is 1.91. The predicted octanol–water partition coefficient (Wildman–Crippen LogP) is -1.57. The number of carbonyl (C=O) groups excluding carboxylic acids is 2. The minimum Gasteiger partial charge on any atom is -0.480 e. The van der Waals surface area contributed by atoms with Crippen LogP contribution in [0.2, 0.25) is 0 Å². The van der Waals surface area contributed by atoms with Crippen LogP contribution in [0.15, 0.2) is 0 Å². The number of hydrogen-bond donors (Lipinski definition) is 4. The number of primary amides is 1. The Morgan fingerprint density at radius 1 is 1.38 bits per heavy atom. The van der Waals surface area contributed by atoms with Crippen molar-refractivity contribution in [1.29, 1.82) is 0 Å². The van der Waals surface area contributed by atoms with Gasteiger partial charge in [0.1, 0.15) is 6.04 Å². The quantitative estimate of drug-likeness (QED) is 0.376. The Hall–Kier alpha value is -1.63. The van der Waals surface area contributed by atoms with Gasteiger partial charge < -0.3 is 21.5 Å². The van der Waals surface area contributed by atoms with E-state index in [1.165, 1.54) is 0 Å². The van der Waals surface area contributed by atoms with E-state index in [-0.39, 0.29) is 6.54 Å². The van der Waals surface area contributed by atoms with Crippen LogP contribution in [0.25, 0.3) is 0 Å². The first kappa shape index (κ1) is 14.4. The molecule has 0 fully saturated rings. The fourth-order valence-corrected chi connectivity index (χ4v) is 1.03. The molecule has 92 valence electrons. The van der Waals surface area contributed by atoms with Crippen molar-refractivity contribution >= 4 is 17.8 Å². The van der Waals surface area contributed by atoms with Crippen LogP contribution in [-0.4, -0.2) is 42.0 Å². The molecule has 0 aromatic heterocycles. The molecule has 0 aliphatic rings. The number of amides is 2. The number of nitrogens with two attached hydrogens (primary N) is 1. The van der Waals surface area contributed by atoms with Crippen molar-refractivity contribution in [2.24, 2.45) is 5.73 Å². The van der Waals surface area contributed by atoms with Crippen molar-refractivity contribution in [2.45, 2.75) is 25.8 Å². The number of hydrogen-bond acceptors (Lipinski definition) is 4. The van der Waals surface area contributed by atoms with Gasteiger partial charge in [-0.3, -0.25) is 9.59 Å². The third kappa shape index (κ3) is 6.77. The van der Waals surface area contributed by atoms with Gasteiger partial charge in [-0.1, -0.05) is 6.92 Å². The summed E-state index contributed by atoms with van der Waals surface area (Å²) >= 11 is 0. The zero-order valence-corrected chi connectivity index (χ0v) is 9.16. The van der Waals surface area contributed by atoms with Gasteiger partial charge in [0, 0.05) is 0 Å². The average Bonchev–Trinajstić information content (AvgIpc) is 2.16. The number of rotatable bonds is 8. The van der Waals surface area contributed by atoms with E-state index in [4.69, 9.17) is 10.8 Å². The summed E-state index contributed by atoms with van der Waals surface area (Å²) in [6.45, 7) is 2.63. The van der Waals surface area contributed by atoms with Crippen LogP contribution in [-0.2, 0) is 14.4 Å². The third-order valence-corrected chi connectivity index (χ3v) is 1.75. The Morgan fingerprint density at radius 2 is 2.00 bits per heavy atom. The summed E-state index contributed by atoms with van der Waals surface area (Å²) in [5, 5.41) is 13.7. The predicted molar refractivity (Wildman–Crippen MR) is 56.5 cm³/mol. The highest BCUT2D eigenvalue weighted by atomic mass is 16.4. The first-order chi connectivity index (χ1) is 7.47. The van der Waals surface area contributed by atoms with Crippen molar-refractivity contribution in [1.82, 2.24) is 10.6 Å². The Kier molecular flexibility index (Phi) is 6.86. The Labute approximate surface area is 93.4 Å². The lowest BCUT2D eigenvalue weighted by molar-refractivity contribution is -0.143. The molecule has 0 unspecified atom stereocenters. The second-order valence-corrected chi connectivity index (χ2v) is 3.31. The molecule has 0 radical (unpaired) electrons. The zero-order chi connectivity index (χ0) is 12.6. The molecule has 2 amide bonds. The average molecular weight is 231 g/mol. The highest BCUT2D eigenvalue weighted by Gasteiger charge is 2.21. The van der Waals surface area contributed by atoms with Crippen molar-refractivity contribution in [3.05, 3.63) is 0 Å². The van der Waals surface area contributed by atoms with E-state index < -0.39 is 30.2 Å². The lowest BCUT2D eigenvalue weighted by Gasteiger charge is -2.12. The van der Waals surface area contributed by atoms with Crippen molar-refractivity contribution in [3.63, 3.8) is 0 Å². The molecule has 0 aliphatic heterocycles. The van der Waals surface area contributed by atoms with Gasteiger partial charge in [-0.25, -0.2) is 4.79 Å². The molecule has 0 rings (SSSR count). The maximum Gasteiger partial charge on any atom is 0.326 e. The summed E-state index contributed by atoms with van der Waals surface area (Å²) in [6.07, 6.45) is 0.464. The molecule has 16 heavy (non-hydrogen) atoms. The van der Waals surface area contributed by atoms with E-state index in [2.05, 4.69) is 10.6 Å².